The van der Waals surface area contributed by atoms with E-state index in [0.717, 1.165) is 22.4 Å². The molecule has 26 heavy (non-hydrogen) atoms. The van der Waals surface area contributed by atoms with Gasteiger partial charge in [-0.1, -0.05) is 41.4 Å². The van der Waals surface area contributed by atoms with Crippen molar-refractivity contribution in [3.05, 3.63) is 82.6 Å². The molecule has 3 rings (SSSR count). The Labute approximate surface area is 162 Å². The third-order valence-corrected chi connectivity index (χ3v) is 4.75. The molecule has 3 N–H and O–H groups in total. The van der Waals surface area contributed by atoms with Crippen LogP contribution in [-0.4, -0.2) is 16.9 Å². The van der Waals surface area contributed by atoms with Gasteiger partial charge in [-0.3, -0.25) is 9.78 Å². The second-order valence-electron chi connectivity index (χ2n) is 5.87. The van der Waals surface area contributed by atoms with Crippen molar-refractivity contribution >= 4 is 34.8 Å². The van der Waals surface area contributed by atoms with E-state index in [0.29, 0.717) is 16.5 Å². The molecule has 0 saturated carbocycles. The molecular weight excluding hydrogens is 369 g/mol. The SMILES string of the molecule is NC(=O)[C@@H](Cc1ccc(Cl)c(Cl)c1)Nc1ccc(-c2ccncc2)cc1. The van der Waals surface area contributed by atoms with Gasteiger partial charge in [0.15, 0.2) is 0 Å². The van der Waals surface area contributed by atoms with Gasteiger partial charge in [0, 0.05) is 24.5 Å². The Balaban J connectivity index is 1.73. The summed E-state index contributed by atoms with van der Waals surface area (Å²) in [6, 6.07) is 16.4. The van der Waals surface area contributed by atoms with Gasteiger partial charge < -0.3 is 11.1 Å². The van der Waals surface area contributed by atoms with E-state index >= 15 is 0 Å². The molecule has 0 spiro atoms. The molecule has 0 fully saturated rings. The molecule has 132 valence electrons. The minimum Gasteiger partial charge on any atom is -0.373 e. The monoisotopic (exact) mass is 385 g/mol. The number of nitrogens with two attached hydrogens (primary N) is 1. The van der Waals surface area contributed by atoms with E-state index in [9.17, 15) is 4.79 Å². The number of aromatic nitrogens is 1. The number of primary amides is 1. The number of rotatable bonds is 6. The third-order valence-electron chi connectivity index (χ3n) is 4.01. The lowest BCUT2D eigenvalue weighted by atomic mass is 10.0. The Hall–Kier alpha value is -2.56. The Morgan fingerprint density at radius 3 is 2.23 bits per heavy atom. The normalized spacial score (nSPS) is 11.8. The number of nitrogens with one attached hydrogen (secondary N) is 1. The second-order valence-corrected chi connectivity index (χ2v) is 6.68. The lowest BCUT2D eigenvalue weighted by Gasteiger charge is -2.17. The van der Waals surface area contributed by atoms with Crippen LogP contribution in [0.1, 0.15) is 5.56 Å². The minimum atomic E-state index is -0.556. The molecule has 4 nitrogen and oxygen atoms in total. The van der Waals surface area contributed by atoms with Crippen molar-refractivity contribution in [2.45, 2.75) is 12.5 Å². The summed E-state index contributed by atoms with van der Waals surface area (Å²) in [6.45, 7) is 0. The summed E-state index contributed by atoms with van der Waals surface area (Å²) in [5.74, 6) is -0.436. The number of hydrogen-bond donors (Lipinski definition) is 2. The van der Waals surface area contributed by atoms with Crippen LogP contribution in [0.25, 0.3) is 11.1 Å². The summed E-state index contributed by atoms with van der Waals surface area (Å²) >= 11 is 12.0. The maximum Gasteiger partial charge on any atom is 0.240 e. The summed E-state index contributed by atoms with van der Waals surface area (Å²) < 4.78 is 0. The molecule has 1 atom stereocenters. The van der Waals surface area contributed by atoms with Crippen LogP contribution in [0, 0.1) is 0 Å². The van der Waals surface area contributed by atoms with Crippen LogP contribution >= 0.6 is 23.2 Å². The standard InChI is InChI=1S/C20H17Cl2N3O/c21-17-6-1-13(11-18(17)22)12-19(20(23)26)25-16-4-2-14(3-5-16)15-7-9-24-10-8-15/h1-11,19,25H,12H2,(H2,23,26)/t19-/m1/s1. The van der Waals surface area contributed by atoms with E-state index in [1.54, 1.807) is 24.5 Å². The molecule has 0 aliphatic heterocycles. The van der Waals surface area contributed by atoms with Crippen molar-refractivity contribution in [1.29, 1.82) is 0 Å². The minimum absolute atomic E-state index is 0.415. The van der Waals surface area contributed by atoms with E-state index in [4.69, 9.17) is 28.9 Å². The fraction of sp³-hybridized carbons (Fsp3) is 0.100. The zero-order valence-corrected chi connectivity index (χ0v) is 15.3. The number of carbonyl (C=O) groups excluding carboxylic acids is 1. The number of benzene rings is 2. The smallest absolute Gasteiger partial charge is 0.240 e. The first kappa shape index (κ1) is 18.2. The van der Waals surface area contributed by atoms with Crippen molar-refractivity contribution in [2.75, 3.05) is 5.32 Å². The molecule has 1 heterocycles. The van der Waals surface area contributed by atoms with Crippen LogP contribution in [0.15, 0.2) is 67.0 Å². The van der Waals surface area contributed by atoms with E-state index in [1.165, 1.54) is 0 Å². The fourth-order valence-corrected chi connectivity index (χ4v) is 2.95. The quantitative estimate of drug-likeness (QED) is 0.653. The molecule has 3 aromatic rings. The maximum absolute atomic E-state index is 11.8. The maximum atomic E-state index is 11.8. The molecule has 0 bridgehead atoms. The largest absolute Gasteiger partial charge is 0.373 e. The first-order valence-corrected chi connectivity index (χ1v) is 8.79. The van der Waals surface area contributed by atoms with Crippen LogP contribution in [0.2, 0.25) is 10.0 Å². The summed E-state index contributed by atoms with van der Waals surface area (Å²) in [6.07, 6.45) is 3.92. The van der Waals surface area contributed by atoms with Crippen LogP contribution < -0.4 is 11.1 Å². The highest BCUT2D eigenvalue weighted by molar-refractivity contribution is 6.42. The highest BCUT2D eigenvalue weighted by Gasteiger charge is 2.16. The van der Waals surface area contributed by atoms with Crippen molar-refractivity contribution in [2.24, 2.45) is 5.73 Å². The van der Waals surface area contributed by atoms with Gasteiger partial charge in [-0.15, -0.1) is 0 Å². The van der Waals surface area contributed by atoms with Crippen LogP contribution in [0.3, 0.4) is 0 Å². The van der Waals surface area contributed by atoms with Crippen molar-refractivity contribution in [3.63, 3.8) is 0 Å². The Morgan fingerprint density at radius 2 is 1.62 bits per heavy atom. The van der Waals surface area contributed by atoms with Gasteiger partial charge in [0.2, 0.25) is 5.91 Å². The topological polar surface area (TPSA) is 68.0 Å². The van der Waals surface area contributed by atoms with E-state index < -0.39 is 11.9 Å². The average molecular weight is 386 g/mol. The zero-order chi connectivity index (χ0) is 18.5. The summed E-state index contributed by atoms with van der Waals surface area (Å²) in [4.78, 5) is 15.9. The summed E-state index contributed by atoms with van der Waals surface area (Å²) in [7, 11) is 0. The van der Waals surface area contributed by atoms with Gasteiger partial charge in [0.1, 0.15) is 6.04 Å². The highest BCUT2D eigenvalue weighted by Crippen LogP contribution is 2.24. The van der Waals surface area contributed by atoms with Crippen LogP contribution in [0.4, 0.5) is 5.69 Å². The summed E-state index contributed by atoms with van der Waals surface area (Å²) in [5, 5.41) is 4.11. The summed E-state index contributed by atoms with van der Waals surface area (Å²) in [5.41, 5.74) is 9.39. The third kappa shape index (κ3) is 4.54. The molecule has 1 amide bonds. The molecule has 0 radical (unpaired) electrons. The lowest BCUT2D eigenvalue weighted by Crippen LogP contribution is -2.37. The highest BCUT2D eigenvalue weighted by atomic mass is 35.5. The zero-order valence-electron chi connectivity index (χ0n) is 13.8. The van der Waals surface area contributed by atoms with Crippen LogP contribution in [-0.2, 0) is 11.2 Å². The predicted molar refractivity (Wildman–Crippen MR) is 106 cm³/mol. The molecule has 0 aliphatic rings. The number of hydrogen-bond acceptors (Lipinski definition) is 3. The fourth-order valence-electron chi connectivity index (χ4n) is 2.63. The van der Waals surface area contributed by atoms with E-state index in [1.807, 2.05) is 42.5 Å². The molecule has 0 saturated heterocycles. The van der Waals surface area contributed by atoms with Crippen molar-refractivity contribution < 1.29 is 4.79 Å². The molecule has 6 heteroatoms. The number of pyridine rings is 1. The van der Waals surface area contributed by atoms with Gasteiger partial charge in [-0.05, 0) is 53.1 Å². The molecule has 0 aliphatic carbocycles. The molecule has 0 unspecified atom stereocenters. The Morgan fingerprint density at radius 1 is 0.962 bits per heavy atom. The van der Waals surface area contributed by atoms with Gasteiger partial charge in [0.05, 0.1) is 10.0 Å². The first-order chi connectivity index (χ1) is 12.5. The first-order valence-electron chi connectivity index (χ1n) is 8.03. The molecule has 2 aromatic carbocycles. The number of halogens is 2. The van der Waals surface area contributed by atoms with Crippen molar-refractivity contribution in [3.8, 4) is 11.1 Å². The number of anilines is 1. The van der Waals surface area contributed by atoms with Gasteiger partial charge in [0.25, 0.3) is 0 Å². The van der Waals surface area contributed by atoms with E-state index in [2.05, 4.69) is 10.3 Å². The number of nitrogens with zero attached hydrogens (tertiary/aromatic N) is 1. The lowest BCUT2D eigenvalue weighted by molar-refractivity contribution is -0.118. The van der Waals surface area contributed by atoms with Gasteiger partial charge >= 0.3 is 0 Å². The van der Waals surface area contributed by atoms with Gasteiger partial charge in [-0.2, -0.15) is 0 Å². The Bertz CT molecular complexity index is 899. The number of carbonyl (C=O) groups is 1. The van der Waals surface area contributed by atoms with Gasteiger partial charge in [-0.25, -0.2) is 0 Å². The van der Waals surface area contributed by atoms with Crippen LogP contribution in [0.5, 0.6) is 0 Å². The molecular formula is C20H17Cl2N3O. The Kier molecular flexibility index (Phi) is 5.76. The van der Waals surface area contributed by atoms with Crippen molar-refractivity contribution in [1.82, 2.24) is 4.98 Å². The predicted octanol–water partition coefficient (Wildman–Crippen LogP) is 4.56. The van der Waals surface area contributed by atoms with E-state index in [-0.39, 0.29) is 0 Å². The average Bonchev–Trinajstić information content (AvgIpc) is 2.65. The number of amides is 1. The molecule has 1 aromatic heterocycles. The second kappa shape index (κ2) is 8.21.